The summed E-state index contributed by atoms with van der Waals surface area (Å²) in [4.78, 5) is 12.9. The number of benzene rings is 2. The first-order valence-electron chi connectivity index (χ1n) is 8.47. The molecule has 0 aliphatic heterocycles. The summed E-state index contributed by atoms with van der Waals surface area (Å²) in [6.45, 7) is 4.28. The Labute approximate surface area is 141 Å². The van der Waals surface area contributed by atoms with Gasteiger partial charge in [0.1, 0.15) is 17.6 Å². The number of phenols is 1. The molecular formula is C21H22O3. The minimum atomic E-state index is -0.0618. The lowest BCUT2D eigenvalue weighted by atomic mass is 9.92. The molecular weight excluding hydrogens is 300 g/mol. The van der Waals surface area contributed by atoms with Crippen LogP contribution >= 0.6 is 0 Å². The lowest BCUT2D eigenvalue weighted by molar-refractivity contribution is 0.441. The normalized spacial score (nSPS) is 11.3. The molecule has 3 nitrogen and oxygen atoms in total. The zero-order valence-electron chi connectivity index (χ0n) is 14.1. The van der Waals surface area contributed by atoms with E-state index in [1.807, 2.05) is 30.3 Å². The van der Waals surface area contributed by atoms with E-state index in [4.69, 9.17) is 4.42 Å². The third-order valence-electron chi connectivity index (χ3n) is 4.75. The molecule has 0 radical (unpaired) electrons. The van der Waals surface area contributed by atoms with Gasteiger partial charge in [0.2, 0.25) is 5.43 Å². The van der Waals surface area contributed by atoms with Crippen LogP contribution in [0.2, 0.25) is 0 Å². The van der Waals surface area contributed by atoms with Crippen LogP contribution in [0.1, 0.15) is 32.3 Å². The highest BCUT2D eigenvalue weighted by Gasteiger charge is 2.17. The van der Waals surface area contributed by atoms with E-state index in [1.165, 1.54) is 6.26 Å². The molecule has 1 heterocycles. The van der Waals surface area contributed by atoms with Crippen molar-refractivity contribution in [3.8, 4) is 16.9 Å². The molecule has 0 saturated heterocycles. The molecule has 0 bridgehead atoms. The molecule has 0 amide bonds. The summed E-state index contributed by atoms with van der Waals surface area (Å²) in [5.74, 6) is 0.658. The highest BCUT2D eigenvalue weighted by Crippen LogP contribution is 2.31. The molecule has 0 aliphatic rings. The molecule has 3 heteroatoms. The smallest absolute Gasteiger partial charge is 0.200 e. The van der Waals surface area contributed by atoms with Crippen molar-refractivity contribution in [3.05, 3.63) is 64.5 Å². The largest absolute Gasteiger partial charge is 0.508 e. The van der Waals surface area contributed by atoms with Crippen LogP contribution in [0, 0.1) is 5.92 Å². The molecule has 3 rings (SSSR count). The molecule has 0 saturated carbocycles. The van der Waals surface area contributed by atoms with Gasteiger partial charge < -0.3 is 9.52 Å². The molecule has 24 heavy (non-hydrogen) atoms. The number of phenolic OH excluding ortho intramolecular Hbond substituents is 1. The van der Waals surface area contributed by atoms with E-state index in [-0.39, 0.29) is 11.2 Å². The molecule has 124 valence electrons. The molecule has 0 aliphatic carbocycles. The maximum absolute atomic E-state index is 12.9. The summed E-state index contributed by atoms with van der Waals surface area (Å²) in [6.07, 6.45) is 4.27. The lowest BCUT2D eigenvalue weighted by Crippen LogP contribution is -2.08. The fourth-order valence-electron chi connectivity index (χ4n) is 3.13. The number of rotatable bonds is 5. The summed E-state index contributed by atoms with van der Waals surface area (Å²) >= 11 is 0. The predicted molar refractivity (Wildman–Crippen MR) is 97.4 cm³/mol. The van der Waals surface area contributed by atoms with Gasteiger partial charge in [0.25, 0.3) is 0 Å². The molecule has 2 aromatic carbocycles. The Hall–Kier alpha value is -2.55. The number of aromatic hydroxyl groups is 1. The Morgan fingerprint density at radius 3 is 2.42 bits per heavy atom. The van der Waals surface area contributed by atoms with Crippen LogP contribution < -0.4 is 5.43 Å². The first-order chi connectivity index (χ1) is 11.7. The lowest BCUT2D eigenvalue weighted by Gasteiger charge is -2.15. The Morgan fingerprint density at radius 1 is 1.04 bits per heavy atom. The molecule has 0 fully saturated rings. The van der Waals surface area contributed by atoms with Crippen LogP contribution in [-0.2, 0) is 6.42 Å². The monoisotopic (exact) mass is 322 g/mol. The van der Waals surface area contributed by atoms with Gasteiger partial charge in [-0.2, -0.15) is 0 Å². The third-order valence-corrected chi connectivity index (χ3v) is 4.75. The first-order valence-corrected chi connectivity index (χ1v) is 8.47. The van der Waals surface area contributed by atoms with Gasteiger partial charge >= 0.3 is 0 Å². The highest BCUT2D eigenvalue weighted by molar-refractivity contribution is 5.85. The quantitative estimate of drug-likeness (QED) is 0.707. The first kappa shape index (κ1) is 16.3. The van der Waals surface area contributed by atoms with Gasteiger partial charge in [0.15, 0.2) is 0 Å². The Morgan fingerprint density at radius 2 is 1.75 bits per heavy atom. The number of fused-ring (bicyclic) bond motifs is 1. The molecule has 3 aromatic rings. The van der Waals surface area contributed by atoms with Crippen molar-refractivity contribution in [2.45, 2.75) is 33.1 Å². The van der Waals surface area contributed by atoms with Gasteiger partial charge in [-0.1, -0.05) is 57.0 Å². The van der Waals surface area contributed by atoms with Gasteiger partial charge in [-0.05, 0) is 30.0 Å². The zero-order valence-corrected chi connectivity index (χ0v) is 14.1. The van der Waals surface area contributed by atoms with Gasteiger partial charge in [-0.15, -0.1) is 0 Å². The van der Waals surface area contributed by atoms with Crippen molar-refractivity contribution in [1.29, 1.82) is 0 Å². The molecule has 0 unspecified atom stereocenters. The van der Waals surface area contributed by atoms with Crippen LogP contribution in [0.5, 0.6) is 5.75 Å². The van der Waals surface area contributed by atoms with Crippen LogP contribution in [0.4, 0.5) is 0 Å². The van der Waals surface area contributed by atoms with E-state index in [9.17, 15) is 9.90 Å². The van der Waals surface area contributed by atoms with Crippen molar-refractivity contribution in [2.75, 3.05) is 0 Å². The fraction of sp³-hybridized carbons (Fsp3) is 0.286. The Kier molecular flexibility index (Phi) is 4.70. The number of hydrogen-bond donors (Lipinski definition) is 1. The van der Waals surface area contributed by atoms with Crippen LogP contribution in [0.15, 0.2) is 57.9 Å². The van der Waals surface area contributed by atoms with Crippen molar-refractivity contribution in [2.24, 2.45) is 5.92 Å². The van der Waals surface area contributed by atoms with Crippen LogP contribution in [-0.4, -0.2) is 5.11 Å². The van der Waals surface area contributed by atoms with Crippen molar-refractivity contribution >= 4 is 11.0 Å². The second-order valence-electron chi connectivity index (χ2n) is 6.17. The molecule has 0 atom stereocenters. The molecule has 1 N–H and O–H groups in total. The maximum atomic E-state index is 12.9. The van der Waals surface area contributed by atoms with Crippen molar-refractivity contribution < 1.29 is 9.52 Å². The van der Waals surface area contributed by atoms with Crippen LogP contribution in [0.25, 0.3) is 22.1 Å². The standard InChI is InChI=1S/C21H22O3/c1-3-14(4-2)12-17-19(22)11-10-16-20(23)18(13-24-21(16)17)15-8-6-5-7-9-15/h5-11,13-14,22H,3-4,12H2,1-2H3. The SMILES string of the molecule is CCC(CC)Cc1c(O)ccc2c(=O)c(-c3ccccc3)coc12. The fourth-order valence-corrected chi connectivity index (χ4v) is 3.13. The minimum absolute atomic E-state index is 0.0618. The average molecular weight is 322 g/mol. The van der Waals surface area contributed by atoms with Crippen molar-refractivity contribution in [3.63, 3.8) is 0 Å². The second kappa shape index (κ2) is 6.91. The number of hydrogen-bond acceptors (Lipinski definition) is 3. The Bertz CT molecular complexity index is 890. The summed E-state index contributed by atoms with van der Waals surface area (Å²) in [7, 11) is 0. The second-order valence-corrected chi connectivity index (χ2v) is 6.17. The van der Waals surface area contributed by atoms with E-state index >= 15 is 0 Å². The predicted octanol–water partition coefficient (Wildman–Crippen LogP) is 5.14. The maximum Gasteiger partial charge on any atom is 0.200 e. The van der Waals surface area contributed by atoms with Gasteiger partial charge in [0.05, 0.1) is 10.9 Å². The summed E-state index contributed by atoms with van der Waals surface area (Å²) < 4.78 is 5.82. The molecule has 1 aromatic heterocycles. The Balaban J connectivity index is 2.17. The minimum Gasteiger partial charge on any atom is -0.508 e. The summed E-state index contributed by atoms with van der Waals surface area (Å²) in [5, 5.41) is 10.8. The summed E-state index contributed by atoms with van der Waals surface area (Å²) in [5.41, 5.74) is 2.56. The zero-order chi connectivity index (χ0) is 17.1. The van der Waals surface area contributed by atoms with E-state index < -0.39 is 0 Å². The van der Waals surface area contributed by atoms with Gasteiger partial charge in [0, 0.05) is 5.56 Å². The summed E-state index contributed by atoms with van der Waals surface area (Å²) in [6, 6.07) is 12.7. The van der Waals surface area contributed by atoms with Gasteiger partial charge in [-0.25, -0.2) is 0 Å². The van der Waals surface area contributed by atoms with E-state index in [2.05, 4.69) is 13.8 Å². The van der Waals surface area contributed by atoms with E-state index in [1.54, 1.807) is 12.1 Å². The van der Waals surface area contributed by atoms with Crippen molar-refractivity contribution in [1.82, 2.24) is 0 Å². The molecule has 0 spiro atoms. The van der Waals surface area contributed by atoms with E-state index in [0.29, 0.717) is 28.9 Å². The topological polar surface area (TPSA) is 50.4 Å². The average Bonchev–Trinajstić information content (AvgIpc) is 2.62. The van der Waals surface area contributed by atoms with Gasteiger partial charge in [-0.3, -0.25) is 4.79 Å². The third kappa shape index (κ3) is 2.94. The highest BCUT2D eigenvalue weighted by atomic mass is 16.3. The van der Waals surface area contributed by atoms with Crippen LogP contribution in [0.3, 0.4) is 0 Å². The van der Waals surface area contributed by atoms with E-state index in [0.717, 1.165) is 24.0 Å².